The van der Waals surface area contributed by atoms with Gasteiger partial charge in [-0.3, -0.25) is 4.79 Å². The molecule has 6 heteroatoms. The van der Waals surface area contributed by atoms with Crippen LogP contribution >= 0.6 is 15.9 Å². The average molecular weight is 449 g/mol. The molecule has 2 aromatic rings. The van der Waals surface area contributed by atoms with Gasteiger partial charge in [-0.25, -0.2) is 0 Å². The maximum Gasteiger partial charge on any atom is 0.224 e. The molecule has 0 heterocycles. The lowest BCUT2D eigenvalue weighted by Gasteiger charge is -2.19. The Morgan fingerprint density at radius 1 is 0.964 bits per heavy atom. The zero-order chi connectivity index (χ0) is 20.2. The van der Waals surface area contributed by atoms with Crippen LogP contribution in [0.2, 0.25) is 0 Å². The number of nitrogens with zero attached hydrogens (tertiary/aromatic N) is 1. The van der Waals surface area contributed by atoms with E-state index in [9.17, 15) is 4.79 Å². The highest BCUT2D eigenvalue weighted by molar-refractivity contribution is 9.10. The number of rotatable bonds is 12. The van der Waals surface area contributed by atoms with Crippen LogP contribution in [0.25, 0.3) is 0 Å². The van der Waals surface area contributed by atoms with E-state index in [0.29, 0.717) is 37.5 Å². The molecule has 0 atom stereocenters. The van der Waals surface area contributed by atoms with Crippen LogP contribution in [0.3, 0.4) is 0 Å². The number of benzene rings is 2. The third kappa shape index (κ3) is 7.52. The first-order valence-corrected chi connectivity index (χ1v) is 10.5. The number of hydrogen-bond donors (Lipinski definition) is 1. The molecule has 5 nitrogen and oxygen atoms in total. The highest BCUT2D eigenvalue weighted by Crippen LogP contribution is 2.25. The van der Waals surface area contributed by atoms with Crippen molar-refractivity contribution in [2.24, 2.45) is 0 Å². The number of para-hydroxylation sites is 3. The van der Waals surface area contributed by atoms with Crippen molar-refractivity contribution >= 4 is 27.5 Å². The summed E-state index contributed by atoms with van der Waals surface area (Å²) >= 11 is 3.45. The predicted molar refractivity (Wildman–Crippen MR) is 117 cm³/mol. The summed E-state index contributed by atoms with van der Waals surface area (Å²) in [5.74, 6) is 1.44. The number of carbonyl (C=O) groups excluding carboxylic acids is 1. The predicted octanol–water partition coefficient (Wildman–Crippen LogP) is 4.97. The molecule has 0 aliphatic rings. The van der Waals surface area contributed by atoms with E-state index in [1.807, 2.05) is 48.5 Å². The number of likely N-dealkylation sites (N-methyl/N-ethyl adjacent to an activating group) is 1. The molecule has 0 unspecified atom stereocenters. The first-order chi connectivity index (χ1) is 13.6. The van der Waals surface area contributed by atoms with E-state index < -0.39 is 0 Å². The first kappa shape index (κ1) is 22.2. The van der Waals surface area contributed by atoms with Gasteiger partial charge >= 0.3 is 0 Å². The van der Waals surface area contributed by atoms with Gasteiger partial charge in [0, 0.05) is 13.0 Å². The minimum absolute atomic E-state index is 0.0458. The van der Waals surface area contributed by atoms with Gasteiger partial charge in [-0.2, -0.15) is 0 Å². The van der Waals surface area contributed by atoms with Crippen molar-refractivity contribution in [1.29, 1.82) is 0 Å². The Morgan fingerprint density at radius 2 is 1.61 bits per heavy atom. The molecule has 1 N–H and O–H groups in total. The van der Waals surface area contributed by atoms with Gasteiger partial charge < -0.3 is 19.7 Å². The minimum Gasteiger partial charge on any atom is -0.492 e. The van der Waals surface area contributed by atoms with Gasteiger partial charge in [0.25, 0.3) is 0 Å². The van der Waals surface area contributed by atoms with Gasteiger partial charge in [0.05, 0.1) is 16.8 Å². The number of carbonyl (C=O) groups is 1. The smallest absolute Gasteiger partial charge is 0.224 e. The van der Waals surface area contributed by atoms with Crippen LogP contribution in [0.5, 0.6) is 11.5 Å². The summed E-state index contributed by atoms with van der Waals surface area (Å²) in [4.78, 5) is 14.6. The van der Waals surface area contributed by atoms with E-state index >= 15 is 0 Å². The van der Waals surface area contributed by atoms with Crippen molar-refractivity contribution in [2.75, 3.05) is 38.2 Å². The van der Waals surface area contributed by atoms with Crippen LogP contribution in [0.1, 0.15) is 26.7 Å². The Hall–Kier alpha value is -2.05. The standard InChI is InChI=1S/C22H29BrN2O3/c1-3-25(4-2)15-17-28-21-13-8-6-11-19(21)24-22(26)14-9-16-27-20-12-7-5-10-18(20)23/h5-8,10-13H,3-4,9,14-17H2,1-2H3,(H,24,26). The highest BCUT2D eigenvalue weighted by atomic mass is 79.9. The molecule has 2 aromatic carbocycles. The summed E-state index contributed by atoms with van der Waals surface area (Å²) in [6, 6.07) is 15.2. The molecule has 2 rings (SSSR count). The van der Waals surface area contributed by atoms with Crippen molar-refractivity contribution in [3.63, 3.8) is 0 Å². The van der Waals surface area contributed by atoms with Crippen molar-refractivity contribution in [2.45, 2.75) is 26.7 Å². The minimum atomic E-state index is -0.0458. The largest absolute Gasteiger partial charge is 0.492 e. The van der Waals surface area contributed by atoms with Gasteiger partial charge in [0.15, 0.2) is 0 Å². The van der Waals surface area contributed by atoms with E-state index in [2.05, 4.69) is 40.0 Å². The molecular formula is C22H29BrN2O3. The zero-order valence-electron chi connectivity index (χ0n) is 16.6. The topological polar surface area (TPSA) is 50.8 Å². The Balaban J connectivity index is 1.76. The number of anilines is 1. The fourth-order valence-electron chi connectivity index (χ4n) is 2.71. The van der Waals surface area contributed by atoms with Crippen molar-refractivity contribution in [3.05, 3.63) is 53.0 Å². The second-order valence-electron chi connectivity index (χ2n) is 6.30. The maximum atomic E-state index is 12.3. The van der Waals surface area contributed by atoms with Gasteiger partial charge in [-0.15, -0.1) is 0 Å². The summed E-state index contributed by atoms with van der Waals surface area (Å²) in [7, 11) is 0. The third-order valence-corrected chi connectivity index (χ3v) is 5.02. The lowest BCUT2D eigenvalue weighted by atomic mass is 10.2. The second-order valence-corrected chi connectivity index (χ2v) is 7.16. The molecule has 0 aliphatic carbocycles. The highest BCUT2D eigenvalue weighted by Gasteiger charge is 2.09. The summed E-state index contributed by atoms with van der Waals surface area (Å²) in [6.45, 7) is 8.21. The fraction of sp³-hybridized carbons (Fsp3) is 0.409. The number of hydrogen-bond acceptors (Lipinski definition) is 4. The van der Waals surface area contributed by atoms with Gasteiger partial charge in [0.2, 0.25) is 5.91 Å². The molecule has 0 fully saturated rings. The quantitative estimate of drug-likeness (QED) is 0.465. The van der Waals surface area contributed by atoms with Crippen LogP contribution in [0.4, 0.5) is 5.69 Å². The fourth-order valence-corrected chi connectivity index (χ4v) is 3.11. The van der Waals surface area contributed by atoms with Crippen LogP contribution in [0, 0.1) is 0 Å². The number of ether oxygens (including phenoxy) is 2. The molecule has 0 saturated carbocycles. The van der Waals surface area contributed by atoms with Crippen molar-refractivity contribution in [3.8, 4) is 11.5 Å². The first-order valence-electron chi connectivity index (χ1n) is 9.75. The molecule has 0 spiro atoms. The number of amides is 1. The van der Waals surface area contributed by atoms with Crippen molar-refractivity contribution < 1.29 is 14.3 Å². The Bertz CT molecular complexity index is 735. The van der Waals surface area contributed by atoms with Crippen LogP contribution in [-0.4, -0.2) is 43.7 Å². The molecule has 0 bridgehead atoms. The molecule has 0 aromatic heterocycles. The van der Waals surface area contributed by atoms with E-state index in [1.54, 1.807) is 0 Å². The monoisotopic (exact) mass is 448 g/mol. The lowest BCUT2D eigenvalue weighted by Crippen LogP contribution is -2.28. The maximum absolute atomic E-state index is 12.3. The summed E-state index contributed by atoms with van der Waals surface area (Å²) < 4.78 is 12.5. The lowest BCUT2D eigenvalue weighted by molar-refractivity contribution is -0.116. The van der Waals surface area contributed by atoms with E-state index in [4.69, 9.17) is 9.47 Å². The third-order valence-electron chi connectivity index (χ3n) is 4.36. The number of halogens is 1. The Morgan fingerprint density at radius 3 is 2.32 bits per heavy atom. The molecule has 28 heavy (non-hydrogen) atoms. The second kappa shape index (κ2) is 12.4. The summed E-state index contributed by atoms with van der Waals surface area (Å²) in [5.41, 5.74) is 0.707. The van der Waals surface area contributed by atoms with Crippen LogP contribution < -0.4 is 14.8 Å². The molecule has 152 valence electrons. The van der Waals surface area contributed by atoms with Gasteiger partial charge in [-0.1, -0.05) is 38.1 Å². The van der Waals surface area contributed by atoms with Gasteiger partial charge in [-0.05, 0) is 59.7 Å². The van der Waals surface area contributed by atoms with E-state index in [0.717, 1.165) is 29.9 Å². The molecule has 0 aliphatic heterocycles. The van der Waals surface area contributed by atoms with Crippen LogP contribution in [0.15, 0.2) is 53.0 Å². The van der Waals surface area contributed by atoms with E-state index in [1.165, 1.54) is 0 Å². The summed E-state index contributed by atoms with van der Waals surface area (Å²) in [5, 5.41) is 2.94. The van der Waals surface area contributed by atoms with Gasteiger partial charge in [0.1, 0.15) is 18.1 Å². The average Bonchev–Trinajstić information content (AvgIpc) is 2.71. The SMILES string of the molecule is CCN(CC)CCOc1ccccc1NC(=O)CCCOc1ccccc1Br. The molecule has 1 amide bonds. The Kier molecular flexibility index (Phi) is 9.86. The van der Waals surface area contributed by atoms with E-state index in [-0.39, 0.29) is 5.91 Å². The Labute approximate surface area is 176 Å². The van der Waals surface area contributed by atoms with Crippen molar-refractivity contribution in [1.82, 2.24) is 4.90 Å². The molecular weight excluding hydrogens is 420 g/mol. The molecule has 0 saturated heterocycles. The molecule has 0 radical (unpaired) electrons. The zero-order valence-corrected chi connectivity index (χ0v) is 18.2. The number of nitrogens with one attached hydrogen (secondary N) is 1. The van der Waals surface area contributed by atoms with Crippen LogP contribution in [-0.2, 0) is 4.79 Å². The normalized spacial score (nSPS) is 10.7. The summed E-state index contributed by atoms with van der Waals surface area (Å²) in [6.07, 6.45) is 1.02.